The summed E-state index contributed by atoms with van der Waals surface area (Å²) in [6.45, 7) is 1.83. The summed E-state index contributed by atoms with van der Waals surface area (Å²) in [5, 5.41) is -0.0602. The quantitative estimate of drug-likeness (QED) is 0.470. The fourth-order valence-corrected chi connectivity index (χ4v) is 3.08. The summed E-state index contributed by atoms with van der Waals surface area (Å²) in [7, 11) is -4.15. The van der Waals surface area contributed by atoms with Crippen LogP contribution in [0.15, 0.2) is 41.3 Å². The third-order valence-corrected chi connectivity index (χ3v) is 4.54. The largest absolute Gasteiger partial charge is 0.462 e. The molecule has 0 aliphatic carbocycles. The zero-order valence-corrected chi connectivity index (χ0v) is 14.2. The van der Waals surface area contributed by atoms with Gasteiger partial charge in [-0.3, -0.25) is 0 Å². The summed E-state index contributed by atoms with van der Waals surface area (Å²) >= 11 is 5.96. The molecule has 0 saturated heterocycles. The first kappa shape index (κ1) is 17.9. The van der Waals surface area contributed by atoms with Crippen molar-refractivity contribution in [2.75, 3.05) is 18.1 Å². The summed E-state index contributed by atoms with van der Waals surface area (Å²) in [6.07, 6.45) is 0. The van der Waals surface area contributed by atoms with Gasteiger partial charge in [0.2, 0.25) is 0 Å². The van der Waals surface area contributed by atoms with Crippen LogP contribution >= 0.6 is 11.6 Å². The Kier molecular flexibility index (Phi) is 5.20. The molecule has 0 aliphatic rings. The van der Waals surface area contributed by atoms with Gasteiger partial charge in [0.1, 0.15) is 10.6 Å². The fourth-order valence-electron chi connectivity index (χ4n) is 1.81. The van der Waals surface area contributed by atoms with Crippen LogP contribution in [0.4, 0.5) is 11.4 Å². The van der Waals surface area contributed by atoms with Crippen LogP contribution in [0.25, 0.3) is 0 Å². The predicted molar refractivity (Wildman–Crippen MR) is 90.5 cm³/mol. The van der Waals surface area contributed by atoms with Crippen LogP contribution < -0.4 is 15.7 Å². The number of hydrogen-bond donors (Lipinski definition) is 2. The van der Waals surface area contributed by atoms with Gasteiger partial charge in [0.05, 0.1) is 28.6 Å². The number of carbonyl (C=O) groups is 1. The molecule has 0 radical (unpaired) electrons. The summed E-state index contributed by atoms with van der Waals surface area (Å²) in [5.74, 6) is -0.633. The lowest BCUT2D eigenvalue weighted by molar-refractivity contribution is 0.0526. The zero-order chi connectivity index (χ0) is 17.9. The van der Waals surface area contributed by atoms with Crippen molar-refractivity contribution < 1.29 is 22.1 Å². The average Bonchev–Trinajstić information content (AvgIpc) is 2.50. The lowest BCUT2D eigenvalue weighted by Gasteiger charge is -2.10. The normalized spacial score (nSPS) is 11.1. The van der Waals surface area contributed by atoms with E-state index in [1.807, 2.05) is 0 Å². The van der Waals surface area contributed by atoms with Crippen LogP contribution in [0.3, 0.4) is 0 Å². The molecular formula is C15H15ClN2O5S. The Labute approximate surface area is 144 Å². The molecule has 128 valence electrons. The summed E-state index contributed by atoms with van der Waals surface area (Å²) in [4.78, 5) is 11.5. The molecule has 0 aliphatic heterocycles. The number of nitrogen functional groups attached to an aromatic ring is 2. The molecule has 0 heterocycles. The number of halogens is 1. The molecule has 2 aromatic rings. The van der Waals surface area contributed by atoms with Crippen molar-refractivity contribution in [3.63, 3.8) is 0 Å². The zero-order valence-electron chi connectivity index (χ0n) is 12.7. The van der Waals surface area contributed by atoms with Crippen LogP contribution in [0.5, 0.6) is 5.75 Å². The number of rotatable bonds is 5. The van der Waals surface area contributed by atoms with Gasteiger partial charge in [0.25, 0.3) is 0 Å². The smallest absolute Gasteiger partial charge is 0.339 e. The molecule has 0 amide bonds. The number of hydrogen-bond acceptors (Lipinski definition) is 7. The van der Waals surface area contributed by atoms with Gasteiger partial charge in [0.15, 0.2) is 0 Å². The molecule has 9 heteroatoms. The van der Waals surface area contributed by atoms with Crippen LogP contribution in [0.2, 0.25) is 5.02 Å². The van der Waals surface area contributed by atoms with Crippen molar-refractivity contribution in [3.8, 4) is 5.75 Å². The first-order valence-electron chi connectivity index (χ1n) is 6.80. The summed E-state index contributed by atoms with van der Waals surface area (Å²) in [5.41, 5.74) is 11.7. The summed E-state index contributed by atoms with van der Waals surface area (Å²) in [6, 6.07) is 7.67. The molecule has 2 aromatic carbocycles. The highest BCUT2D eigenvalue weighted by atomic mass is 35.5. The first-order chi connectivity index (χ1) is 11.2. The number of ether oxygens (including phenoxy) is 1. The van der Waals surface area contributed by atoms with Crippen molar-refractivity contribution in [1.29, 1.82) is 0 Å². The van der Waals surface area contributed by atoms with Crippen LogP contribution in [0, 0.1) is 0 Å². The van der Waals surface area contributed by atoms with Gasteiger partial charge in [-0.05, 0) is 37.3 Å². The lowest BCUT2D eigenvalue weighted by Crippen LogP contribution is -2.11. The Balaban J connectivity index is 2.30. The van der Waals surface area contributed by atoms with E-state index in [0.29, 0.717) is 5.69 Å². The lowest BCUT2D eigenvalue weighted by atomic mass is 10.2. The van der Waals surface area contributed by atoms with Gasteiger partial charge in [0, 0.05) is 6.07 Å². The van der Waals surface area contributed by atoms with Crippen LogP contribution in [-0.2, 0) is 14.9 Å². The average molecular weight is 371 g/mol. The van der Waals surface area contributed by atoms with Gasteiger partial charge >= 0.3 is 16.1 Å². The molecule has 0 atom stereocenters. The second-order valence-electron chi connectivity index (χ2n) is 4.69. The Morgan fingerprint density at radius 3 is 2.42 bits per heavy atom. The second-order valence-corrected chi connectivity index (χ2v) is 6.64. The maximum absolute atomic E-state index is 12.3. The number of carbonyl (C=O) groups excluding carboxylic acids is 1. The standard InChI is InChI=1S/C15H15ClN2O5S/c1-2-22-15(19)11-5-4-10(8-12(11)16)24(20,21)23-9-3-6-13(17)14(18)7-9/h3-8H,2,17-18H2,1H3. The molecule has 0 fully saturated rings. The summed E-state index contributed by atoms with van der Waals surface area (Å²) < 4.78 is 34.4. The van der Waals surface area contributed by atoms with Gasteiger partial charge < -0.3 is 20.4 Å². The van der Waals surface area contributed by atoms with E-state index in [1.165, 1.54) is 30.3 Å². The monoisotopic (exact) mass is 370 g/mol. The van der Waals surface area contributed by atoms with E-state index in [1.54, 1.807) is 6.92 Å². The Hall–Kier alpha value is -2.45. The fraction of sp³-hybridized carbons (Fsp3) is 0.133. The van der Waals surface area contributed by atoms with Gasteiger partial charge in [-0.25, -0.2) is 4.79 Å². The maximum atomic E-state index is 12.3. The minimum Gasteiger partial charge on any atom is -0.462 e. The number of benzene rings is 2. The van der Waals surface area contributed by atoms with Crippen LogP contribution in [0.1, 0.15) is 17.3 Å². The highest BCUT2D eigenvalue weighted by molar-refractivity contribution is 7.87. The third kappa shape index (κ3) is 3.90. The maximum Gasteiger partial charge on any atom is 0.339 e. The molecule has 0 unspecified atom stereocenters. The van der Waals surface area contributed by atoms with Gasteiger partial charge in [-0.15, -0.1) is 0 Å². The minimum atomic E-state index is -4.15. The molecule has 4 N–H and O–H groups in total. The highest BCUT2D eigenvalue weighted by Crippen LogP contribution is 2.27. The predicted octanol–water partition coefficient (Wildman–Crippen LogP) is 2.45. The van der Waals surface area contributed by atoms with Crippen LogP contribution in [-0.4, -0.2) is 21.0 Å². The topological polar surface area (TPSA) is 122 Å². The van der Waals surface area contributed by atoms with E-state index in [9.17, 15) is 13.2 Å². The van der Waals surface area contributed by atoms with Crippen molar-refractivity contribution in [1.82, 2.24) is 0 Å². The Bertz CT molecular complexity index is 883. The van der Waals surface area contributed by atoms with E-state index in [4.69, 9.17) is 32.0 Å². The molecule has 2 rings (SSSR count). The SMILES string of the molecule is CCOC(=O)c1ccc(S(=O)(=O)Oc2ccc(N)c(N)c2)cc1Cl. The molecular weight excluding hydrogens is 356 g/mol. The molecule has 0 bridgehead atoms. The second kappa shape index (κ2) is 6.98. The van der Waals surface area contributed by atoms with Gasteiger partial charge in [-0.1, -0.05) is 11.6 Å². The minimum absolute atomic E-state index is 0.00675. The molecule has 24 heavy (non-hydrogen) atoms. The van der Waals surface area contributed by atoms with E-state index in [-0.39, 0.29) is 33.5 Å². The van der Waals surface area contributed by atoms with Gasteiger partial charge in [-0.2, -0.15) is 8.42 Å². The van der Waals surface area contributed by atoms with E-state index < -0.39 is 16.1 Å². The van der Waals surface area contributed by atoms with E-state index in [2.05, 4.69) is 0 Å². The Morgan fingerprint density at radius 2 is 1.83 bits per heavy atom. The van der Waals surface area contributed by atoms with Crippen molar-refractivity contribution in [2.45, 2.75) is 11.8 Å². The molecule has 0 spiro atoms. The first-order valence-corrected chi connectivity index (χ1v) is 8.59. The van der Waals surface area contributed by atoms with Crippen molar-refractivity contribution >= 4 is 39.1 Å². The Morgan fingerprint density at radius 1 is 1.12 bits per heavy atom. The molecule has 0 saturated carbocycles. The molecule has 0 aromatic heterocycles. The highest BCUT2D eigenvalue weighted by Gasteiger charge is 2.20. The van der Waals surface area contributed by atoms with E-state index >= 15 is 0 Å². The number of anilines is 2. The van der Waals surface area contributed by atoms with Crippen molar-refractivity contribution in [2.24, 2.45) is 0 Å². The van der Waals surface area contributed by atoms with Crippen molar-refractivity contribution in [3.05, 3.63) is 47.0 Å². The van der Waals surface area contributed by atoms with E-state index in [0.717, 1.165) is 6.07 Å². The third-order valence-electron chi connectivity index (χ3n) is 2.99. The number of nitrogens with two attached hydrogens (primary N) is 2. The number of esters is 1. The molecule has 7 nitrogen and oxygen atoms in total.